The molecule has 0 radical (unpaired) electrons. The van der Waals surface area contributed by atoms with E-state index >= 15 is 0 Å². The zero-order valence-electron chi connectivity index (χ0n) is 9.10. The van der Waals surface area contributed by atoms with E-state index in [0.717, 1.165) is 0 Å². The Hall–Kier alpha value is -0.860. The van der Waals surface area contributed by atoms with Gasteiger partial charge in [0.05, 0.1) is 6.04 Å². The van der Waals surface area contributed by atoms with Gasteiger partial charge in [-0.3, -0.25) is 9.59 Å². The van der Waals surface area contributed by atoms with E-state index < -0.39 is 0 Å². The minimum Gasteiger partial charge on any atom is -0.347 e. The SMILES string of the molecule is CC(=O)NC(CC(C)(C)C)C(C)=O. The van der Waals surface area contributed by atoms with Gasteiger partial charge >= 0.3 is 0 Å². The third-order valence-corrected chi connectivity index (χ3v) is 1.68. The highest BCUT2D eigenvalue weighted by Crippen LogP contribution is 2.20. The lowest BCUT2D eigenvalue weighted by molar-refractivity contribution is -0.126. The Bertz CT molecular complexity index is 203. The fourth-order valence-electron chi connectivity index (χ4n) is 1.15. The topological polar surface area (TPSA) is 46.2 Å². The first-order valence-electron chi connectivity index (χ1n) is 4.50. The average molecular weight is 185 g/mol. The number of rotatable bonds is 3. The van der Waals surface area contributed by atoms with Crippen LogP contribution < -0.4 is 5.32 Å². The molecule has 0 spiro atoms. The summed E-state index contributed by atoms with van der Waals surface area (Å²) in [6.45, 7) is 9.07. The summed E-state index contributed by atoms with van der Waals surface area (Å²) in [5.41, 5.74) is 0.0544. The van der Waals surface area contributed by atoms with Crippen LogP contribution in [0.1, 0.15) is 41.0 Å². The van der Waals surface area contributed by atoms with Crippen LogP contribution in [0.2, 0.25) is 0 Å². The second-order valence-electron chi connectivity index (χ2n) is 4.63. The monoisotopic (exact) mass is 185 g/mol. The lowest BCUT2D eigenvalue weighted by Gasteiger charge is -2.24. The summed E-state index contributed by atoms with van der Waals surface area (Å²) in [6.07, 6.45) is 0.682. The molecule has 0 aromatic heterocycles. The van der Waals surface area contributed by atoms with Crippen LogP contribution in [0, 0.1) is 5.41 Å². The molecule has 3 nitrogen and oxygen atoms in total. The van der Waals surface area contributed by atoms with Crippen molar-refractivity contribution in [1.29, 1.82) is 0 Å². The van der Waals surface area contributed by atoms with Gasteiger partial charge in [0.1, 0.15) is 0 Å². The predicted octanol–water partition coefficient (Wildman–Crippen LogP) is 1.52. The molecule has 0 bridgehead atoms. The van der Waals surface area contributed by atoms with Crippen LogP contribution >= 0.6 is 0 Å². The van der Waals surface area contributed by atoms with Crippen molar-refractivity contribution < 1.29 is 9.59 Å². The van der Waals surface area contributed by atoms with Crippen LogP contribution in [-0.4, -0.2) is 17.7 Å². The van der Waals surface area contributed by atoms with E-state index in [9.17, 15) is 9.59 Å². The van der Waals surface area contributed by atoms with Crippen molar-refractivity contribution in [3.05, 3.63) is 0 Å². The van der Waals surface area contributed by atoms with Gasteiger partial charge < -0.3 is 5.32 Å². The Labute approximate surface area is 79.9 Å². The molecule has 0 saturated carbocycles. The number of nitrogens with one attached hydrogen (secondary N) is 1. The third-order valence-electron chi connectivity index (χ3n) is 1.68. The fraction of sp³-hybridized carbons (Fsp3) is 0.800. The van der Waals surface area contributed by atoms with Gasteiger partial charge in [0, 0.05) is 6.92 Å². The number of carbonyl (C=O) groups excluding carboxylic acids is 2. The summed E-state index contributed by atoms with van der Waals surface area (Å²) in [5.74, 6) is -0.130. The molecule has 0 aromatic carbocycles. The van der Waals surface area contributed by atoms with E-state index in [1.54, 1.807) is 0 Å². The van der Waals surface area contributed by atoms with Crippen LogP contribution in [0.15, 0.2) is 0 Å². The number of amides is 1. The van der Waals surface area contributed by atoms with Gasteiger partial charge in [-0.25, -0.2) is 0 Å². The zero-order valence-corrected chi connectivity index (χ0v) is 9.10. The minimum atomic E-state index is -0.336. The molecule has 76 valence electrons. The Balaban J connectivity index is 4.27. The third kappa shape index (κ3) is 6.31. The largest absolute Gasteiger partial charge is 0.347 e. The number of hydrogen-bond acceptors (Lipinski definition) is 2. The van der Waals surface area contributed by atoms with Crippen LogP contribution in [0.5, 0.6) is 0 Å². The first kappa shape index (κ1) is 12.1. The summed E-state index contributed by atoms with van der Waals surface area (Å²) >= 11 is 0. The molecule has 1 atom stereocenters. The molecule has 3 heteroatoms. The molecule has 0 rings (SSSR count). The van der Waals surface area contributed by atoms with E-state index in [1.807, 2.05) is 20.8 Å². The molecule has 1 N–H and O–H groups in total. The van der Waals surface area contributed by atoms with Crippen LogP contribution in [0.4, 0.5) is 0 Å². The molecule has 0 fully saturated rings. The maximum Gasteiger partial charge on any atom is 0.217 e. The Morgan fingerprint density at radius 2 is 1.69 bits per heavy atom. The van der Waals surface area contributed by atoms with Crippen molar-refractivity contribution in [3.8, 4) is 0 Å². The Morgan fingerprint density at radius 3 is 1.92 bits per heavy atom. The molecule has 0 aliphatic heterocycles. The average Bonchev–Trinajstić information content (AvgIpc) is 1.81. The van der Waals surface area contributed by atoms with Crippen molar-refractivity contribution in [3.63, 3.8) is 0 Å². The van der Waals surface area contributed by atoms with Crippen LogP contribution in [0.25, 0.3) is 0 Å². The second-order valence-corrected chi connectivity index (χ2v) is 4.63. The van der Waals surface area contributed by atoms with Crippen LogP contribution in [-0.2, 0) is 9.59 Å². The van der Waals surface area contributed by atoms with Crippen LogP contribution in [0.3, 0.4) is 0 Å². The summed E-state index contributed by atoms with van der Waals surface area (Å²) in [4.78, 5) is 21.9. The van der Waals surface area contributed by atoms with E-state index in [1.165, 1.54) is 13.8 Å². The number of Topliss-reactive ketones (excluding diaryl/α,β-unsaturated/α-hetero) is 1. The quantitative estimate of drug-likeness (QED) is 0.724. The van der Waals surface area contributed by atoms with Gasteiger partial charge in [-0.15, -0.1) is 0 Å². The second kappa shape index (κ2) is 4.40. The molecule has 0 aromatic rings. The standard InChI is InChI=1S/C10H19NO2/c1-7(12)9(11-8(2)13)6-10(3,4)5/h9H,6H2,1-5H3,(H,11,13). The molecular formula is C10H19NO2. The van der Waals surface area contributed by atoms with E-state index in [4.69, 9.17) is 0 Å². The van der Waals surface area contributed by atoms with Crippen molar-refractivity contribution in [1.82, 2.24) is 5.32 Å². The summed E-state index contributed by atoms with van der Waals surface area (Å²) in [5, 5.41) is 2.65. The maximum absolute atomic E-state index is 11.1. The molecule has 0 saturated heterocycles. The van der Waals surface area contributed by atoms with E-state index in [0.29, 0.717) is 6.42 Å². The fourth-order valence-corrected chi connectivity index (χ4v) is 1.15. The minimum absolute atomic E-state index is 0.0186. The Morgan fingerprint density at radius 1 is 1.23 bits per heavy atom. The van der Waals surface area contributed by atoms with Gasteiger partial charge in [-0.1, -0.05) is 20.8 Å². The van der Waals surface area contributed by atoms with Gasteiger partial charge in [0.15, 0.2) is 5.78 Å². The first-order valence-corrected chi connectivity index (χ1v) is 4.50. The highest BCUT2D eigenvalue weighted by Gasteiger charge is 2.22. The van der Waals surface area contributed by atoms with Gasteiger partial charge in [-0.2, -0.15) is 0 Å². The van der Waals surface area contributed by atoms with Crippen molar-refractivity contribution in [2.75, 3.05) is 0 Å². The summed E-state index contributed by atoms with van der Waals surface area (Å²) in [7, 11) is 0. The number of ketones is 1. The van der Waals surface area contributed by atoms with Crippen molar-refractivity contribution >= 4 is 11.7 Å². The lowest BCUT2D eigenvalue weighted by Crippen LogP contribution is -2.40. The molecule has 1 amide bonds. The smallest absolute Gasteiger partial charge is 0.217 e. The normalized spacial score (nSPS) is 13.6. The molecular weight excluding hydrogens is 166 g/mol. The summed E-state index contributed by atoms with van der Waals surface area (Å²) in [6, 6.07) is -0.336. The van der Waals surface area contributed by atoms with E-state index in [2.05, 4.69) is 5.32 Å². The highest BCUT2D eigenvalue weighted by atomic mass is 16.2. The van der Waals surface area contributed by atoms with Gasteiger partial charge in [-0.05, 0) is 18.8 Å². The molecule has 13 heavy (non-hydrogen) atoms. The van der Waals surface area contributed by atoms with Gasteiger partial charge in [0.25, 0.3) is 0 Å². The van der Waals surface area contributed by atoms with Crippen molar-refractivity contribution in [2.24, 2.45) is 5.41 Å². The lowest BCUT2D eigenvalue weighted by atomic mass is 9.87. The summed E-state index contributed by atoms with van der Waals surface area (Å²) < 4.78 is 0. The Kier molecular flexibility index (Phi) is 4.11. The molecule has 0 aliphatic carbocycles. The maximum atomic E-state index is 11.1. The highest BCUT2D eigenvalue weighted by molar-refractivity contribution is 5.86. The molecule has 0 heterocycles. The predicted molar refractivity (Wildman–Crippen MR) is 52.4 cm³/mol. The zero-order chi connectivity index (χ0) is 10.6. The van der Waals surface area contributed by atoms with Crippen molar-refractivity contribution in [2.45, 2.75) is 47.1 Å². The van der Waals surface area contributed by atoms with Gasteiger partial charge in [0.2, 0.25) is 5.91 Å². The number of carbonyl (C=O) groups is 2. The van der Waals surface area contributed by atoms with E-state index in [-0.39, 0.29) is 23.1 Å². The number of hydrogen-bond donors (Lipinski definition) is 1. The molecule has 0 aliphatic rings. The first-order chi connectivity index (χ1) is 5.72. The molecule has 1 unspecified atom stereocenters.